The van der Waals surface area contributed by atoms with Crippen LogP contribution in [0.1, 0.15) is 5.69 Å². The first-order valence-corrected chi connectivity index (χ1v) is 8.89. The second-order valence-corrected chi connectivity index (χ2v) is 6.81. The summed E-state index contributed by atoms with van der Waals surface area (Å²) in [4.78, 5) is 29.2. The summed E-state index contributed by atoms with van der Waals surface area (Å²) in [6.45, 7) is -0.431. The Balaban J connectivity index is 1.61. The first-order chi connectivity index (χ1) is 13.5. The summed E-state index contributed by atoms with van der Waals surface area (Å²) in [5.41, 5.74) is 2.02. The molecular formula is C19H21N3O6. The van der Waals surface area contributed by atoms with Crippen molar-refractivity contribution >= 4 is 28.9 Å². The number of aromatic amines is 1. The van der Waals surface area contributed by atoms with Crippen LogP contribution in [-0.2, 0) is 14.3 Å². The highest BCUT2D eigenvalue weighted by molar-refractivity contribution is 6.09. The van der Waals surface area contributed by atoms with Gasteiger partial charge in [0.2, 0.25) is 0 Å². The fraction of sp³-hybridized carbons (Fsp3) is 0.368. The zero-order valence-electron chi connectivity index (χ0n) is 15.2. The van der Waals surface area contributed by atoms with Gasteiger partial charge >= 0.3 is 6.03 Å². The van der Waals surface area contributed by atoms with Crippen molar-refractivity contribution in [2.24, 2.45) is 0 Å². The number of carbonyl (C=O) groups excluding carboxylic acids is 2. The summed E-state index contributed by atoms with van der Waals surface area (Å²) in [5, 5.41) is 22.9. The third-order valence-corrected chi connectivity index (χ3v) is 5.07. The summed E-state index contributed by atoms with van der Waals surface area (Å²) in [6, 6.07) is 8.99. The zero-order chi connectivity index (χ0) is 19.8. The molecule has 2 aliphatic heterocycles. The van der Waals surface area contributed by atoms with Gasteiger partial charge in [0.05, 0.1) is 13.2 Å². The number of methoxy groups -OCH3 is 1. The number of benzene rings is 1. The van der Waals surface area contributed by atoms with Crippen LogP contribution in [-0.4, -0.2) is 76.8 Å². The summed E-state index contributed by atoms with van der Waals surface area (Å²) >= 11 is 0. The Morgan fingerprint density at radius 3 is 2.86 bits per heavy atom. The molecule has 3 amide bonds. The minimum absolute atomic E-state index is 0.0184. The number of aromatic nitrogens is 1. The molecule has 0 aliphatic carbocycles. The number of ether oxygens (including phenoxy) is 2. The molecule has 4 atom stereocenters. The van der Waals surface area contributed by atoms with E-state index in [-0.39, 0.29) is 6.54 Å². The molecule has 0 spiro atoms. The van der Waals surface area contributed by atoms with E-state index in [0.29, 0.717) is 5.57 Å². The highest BCUT2D eigenvalue weighted by Gasteiger charge is 2.49. The lowest BCUT2D eigenvalue weighted by Gasteiger charge is -2.34. The van der Waals surface area contributed by atoms with Gasteiger partial charge in [0, 0.05) is 23.9 Å². The van der Waals surface area contributed by atoms with E-state index in [4.69, 9.17) is 9.47 Å². The van der Waals surface area contributed by atoms with Crippen molar-refractivity contribution < 1.29 is 29.3 Å². The standard InChI is InChI=1S/C19H21N3O6/c1-27-16-15(24)14(9-23)28-18(16)22-8-11(17(25)21-19(22)26)7-12-6-10-4-2-3-5-13(10)20-12/h2-7,14-16,18,20,23-24H,8-9H2,1H3,(H,21,25,26)/t14-,15-,16-,18-/m1/s1. The van der Waals surface area contributed by atoms with E-state index < -0.39 is 43.1 Å². The molecule has 0 radical (unpaired) electrons. The second kappa shape index (κ2) is 7.36. The molecule has 3 heterocycles. The number of H-pyrrole nitrogens is 1. The number of aliphatic hydroxyl groups excluding tert-OH is 2. The van der Waals surface area contributed by atoms with Crippen molar-refractivity contribution in [3.63, 3.8) is 0 Å². The van der Waals surface area contributed by atoms with Gasteiger partial charge in [0.1, 0.15) is 18.3 Å². The SMILES string of the molecule is CO[C@@H]1[C@H](O)[C@@H](CO)O[C@H]1N1CC(=Cc2cc3ccccc3[nH]2)C(=O)NC1=O. The maximum atomic E-state index is 12.4. The third-order valence-electron chi connectivity index (χ3n) is 5.07. The first kappa shape index (κ1) is 18.6. The predicted molar refractivity (Wildman–Crippen MR) is 99.1 cm³/mol. The fourth-order valence-electron chi connectivity index (χ4n) is 3.63. The number of nitrogens with zero attached hydrogens (tertiary/aromatic N) is 1. The first-order valence-electron chi connectivity index (χ1n) is 8.89. The maximum absolute atomic E-state index is 12.4. The summed E-state index contributed by atoms with van der Waals surface area (Å²) in [5.74, 6) is -0.494. The molecule has 0 bridgehead atoms. The van der Waals surface area contributed by atoms with Crippen LogP contribution in [0, 0.1) is 0 Å². The van der Waals surface area contributed by atoms with Gasteiger partial charge in [-0.25, -0.2) is 4.79 Å². The number of hydrogen-bond acceptors (Lipinski definition) is 6. The number of rotatable bonds is 4. The molecule has 1 aromatic carbocycles. The van der Waals surface area contributed by atoms with Gasteiger partial charge in [-0.05, 0) is 23.6 Å². The van der Waals surface area contributed by atoms with E-state index in [1.165, 1.54) is 12.0 Å². The molecular weight excluding hydrogens is 366 g/mol. The monoisotopic (exact) mass is 387 g/mol. The fourth-order valence-corrected chi connectivity index (χ4v) is 3.63. The maximum Gasteiger partial charge on any atom is 0.326 e. The number of aliphatic hydroxyl groups is 2. The lowest BCUT2D eigenvalue weighted by atomic mass is 10.1. The topological polar surface area (TPSA) is 124 Å². The van der Waals surface area contributed by atoms with Crippen molar-refractivity contribution in [1.29, 1.82) is 0 Å². The highest BCUT2D eigenvalue weighted by atomic mass is 16.6. The number of hydrogen-bond donors (Lipinski definition) is 4. The molecule has 28 heavy (non-hydrogen) atoms. The van der Waals surface area contributed by atoms with Crippen molar-refractivity contribution in [2.75, 3.05) is 20.3 Å². The number of fused-ring (bicyclic) bond motifs is 1. The Kier molecular flexibility index (Phi) is 4.90. The smallest absolute Gasteiger partial charge is 0.326 e. The minimum Gasteiger partial charge on any atom is -0.394 e. The Morgan fingerprint density at radius 1 is 1.36 bits per heavy atom. The molecule has 2 aromatic rings. The lowest BCUT2D eigenvalue weighted by Crippen LogP contribution is -2.57. The lowest BCUT2D eigenvalue weighted by molar-refractivity contribution is -0.121. The van der Waals surface area contributed by atoms with E-state index in [2.05, 4.69) is 10.3 Å². The molecule has 2 fully saturated rings. The van der Waals surface area contributed by atoms with Gasteiger partial charge in [0.25, 0.3) is 5.91 Å². The molecule has 9 heteroatoms. The third kappa shape index (κ3) is 3.18. The number of imide groups is 1. The summed E-state index contributed by atoms with van der Waals surface area (Å²) < 4.78 is 10.9. The van der Waals surface area contributed by atoms with Crippen LogP contribution < -0.4 is 5.32 Å². The second-order valence-electron chi connectivity index (χ2n) is 6.81. The Labute approximate surface area is 160 Å². The van der Waals surface area contributed by atoms with Crippen LogP contribution in [0.25, 0.3) is 17.0 Å². The summed E-state index contributed by atoms with van der Waals surface area (Å²) in [7, 11) is 1.39. The summed E-state index contributed by atoms with van der Waals surface area (Å²) in [6.07, 6.45) is -2.07. The van der Waals surface area contributed by atoms with Gasteiger partial charge < -0.3 is 24.7 Å². The average Bonchev–Trinajstić information content (AvgIpc) is 3.23. The quantitative estimate of drug-likeness (QED) is 0.556. The normalized spacial score (nSPS) is 29.7. The molecule has 148 valence electrons. The average molecular weight is 387 g/mol. The molecule has 2 saturated heterocycles. The minimum atomic E-state index is -1.09. The van der Waals surface area contributed by atoms with E-state index >= 15 is 0 Å². The van der Waals surface area contributed by atoms with Crippen molar-refractivity contribution in [3.8, 4) is 0 Å². The largest absolute Gasteiger partial charge is 0.394 e. The van der Waals surface area contributed by atoms with Crippen LogP contribution >= 0.6 is 0 Å². The van der Waals surface area contributed by atoms with Crippen LogP contribution in [0.4, 0.5) is 4.79 Å². The van der Waals surface area contributed by atoms with Gasteiger partial charge in [-0.2, -0.15) is 0 Å². The van der Waals surface area contributed by atoms with Crippen molar-refractivity contribution in [1.82, 2.24) is 15.2 Å². The van der Waals surface area contributed by atoms with Crippen molar-refractivity contribution in [2.45, 2.75) is 24.5 Å². The highest BCUT2D eigenvalue weighted by Crippen LogP contribution is 2.28. The van der Waals surface area contributed by atoms with Crippen LogP contribution in [0.2, 0.25) is 0 Å². The number of amides is 3. The number of para-hydroxylation sites is 1. The number of carbonyl (C=O) groups is 2. The molecule has 2 aliphatic rings. The Bertz CT molecular complexity index is 906. The van der Waals surface area contributed by atoms with Crippen LogP contribution in [0.5, 0.6) is 0 Å². The number of nitrogens with one attached hydrogen (secondary N) is 2. The molecule has 0 unspecified atom stereocenters. The molecule has 9 nitrogen and oxygen atoms in total. The molecule has 4 N–H and O–H groups in total. The van der Waals surface area contributed by atoms with Crippen LogP contribution in [0.15, 0.2) is 35.9 Å². The molecule has 1 aromatic heterocycles. The van der Waals surface area contributed by atoms with E-state index in [1.54, 1.807) is 6.08 Å². The van der Waals surface area contributed by atoms with Gasteiger partial charge in [0.15, 0.2) is 6.23 Å². The Morgan fingerprint density at radius 2 is 2.14 bits per heavy atom. The van der Waals surface area contributed by atoms with Gasteiger partial charge in [-0.1, -0.05) is 18.2 Å². The van der Waals surface area contributed by atoms with Gasteiger partial charge in [-0.3, -0.25) is 15.0 Å². The molecule has 0 saturated carbocycles. The van der Waals surface area contributed by atoms with E-state index in [9.17, 15) is 19.8 Å². The van der Waals surface area contributed by atoms with Crippen LogP contribution in [0.3, 0.4) is 0 Å². The predicted octanol–water partition coefficient (Wildman–Crippen LogP) is 0.196. The Hall–Kier alpha value is -2.72. The molecule has 4 rings (SSSR count). The van der Waals surface area contributed by atoms with E-state index in [0.717, 1.165) is 16.6 Å². The van der Waals surface area contributed by atoms with Crippen molar-refractivity contribution in [3.05, 3.63) is 41.6 Å². The zero-order valence-corrected chi connectivity index (χ0v) is 15.2. The van der Waals surface area contributed by atoms with E-state index in [1.807, 2.05) is 30.3 Å². The van der Waals surface area contributed by atoms with Gasteiger partial charge in [-0.15, -0.1) is 0 Å². The number of urea groups is 1.